The molecule has 3 rings (SSSR count). The molecule has 3 aliphatic rings. The van der Waals surface area contributed by atoms with Crippen molar-refractivity contribution >= 4 is 9.84 Å². The quantitative estimate of drug-likeness (QED) is 0.710. The standard InChI is InChI=1S/C14H24O2S/c15-17(16)13(11-7-3-1-4-8-11)14(17)12-9-5-2-6-10-12/h11-14H,1-10H2/t13-,14-/m0/s1. The Balaban J connectivity index is 1.69. The highest BCUT2D eigenvalue weighted by atomic mass is 32.2. The maximum Gasteiger partial charge on any atom is 0.159 e. The molecule has 0 N–H and O–H groups in total. The van der Waals surface area contributed by atoms with Crippen molar-refractivity contribution in [3.8, 4) is 0 Å². The van der Waals surface area contributed by atoms with Crippen molar-refractivity contribution in [1.82, 2.24) is 0 Å². The average molecular weight is 256 g/mol. The third kappa shape index (κ3) is 2.16. The lowest BCUT2D eigenvalue weighted by Gasteiger charge is -2.23. The summed E-state index contributed by atoms with van der Waals surface area (Å²) >= 11 is 0. The molecule has 1 saturated heterocycles. The number of sulfone groups is 1. The molecule has 2 saturated carbocycles. The van der Waals surface area contributed by atoms with Crippen LogP contribution < -0.4 is 0 Å². The highest BCUT2D eigenvalue weighted by molar-refractivity contribution is 8.00. The summed E-state index contributed by atoms with van der Waals surface area (Å²) in [4.78, 5) is 0. The van der Waals surface area contributed by atoms with Crippen LogP contribution >= 0.6 is 0 Å². The van der Waals surface area contributed by atoms with Gasteiger partial charge in [-0.1, -0.05) is 38.5 Å². The summed E-state index contributed by atoms with van der Waals surface area (Å²) in [5.74, 6) is 1.03. The van der Waals surface area contributed by atoms with Crippen LogP contribution in [-0.2, 0) is 9.84 Å². The van der Waals surface area contributed by atoms with Crippen molar-refractivity contribution in [2.45, 2.75) is 74.7 Å². The van der Waals surface area contributed by atoms with E-state index >= 15 is 0 Å². The normalized spacial score (nSPS) is 39.1. The van der Waals surface area contributed by atoms with Crippen molar-refractivity contribution in [3.63, 3.8) is 0 Å². The van der Waals surface area contributed by atoms with E-state index in [1.165, 1.54) is 64.2 Å². The van der Waals surface area contributed by atoms with Crippen molar-refractivity contribution < 1.29 is 8.42 Å². The lowest BCUT2D eigenvalue weighted by molar-refractivity contribution is 0.312. The largest absolute Gasteiger partial charge is 0.228 e. The second-order valence-electron chi connectivity index (χ2n) is 6.31. The summed E-state index contributed by atoms with van der Waals surface area (Å²) in [7, 11) is -2.70. The maximum absolute atomic E-state index is 12.2. The Morgan fingerprint density at radius 2 is 0.941 bits per heavy atom. The van der Waals surface area contributed by atoms with Crippen LogP contribution in [-0.4, -0.2) is 18.9 Å². The van der Waals surface area contributed by atoms with Gasteiger partial charge < -0.3 is 0 Å². The Labute approximate surface area is 105 Å². The zero-order valence-corrected chi connectivity index (χ0v) is 11.4. The van der Waals surface area contributed by atoms with Crippen LogP contribution in [0, 0.1) is 11.8 Å². The summed E-state index contributed by atoms with van der Waals surface area (Å²) < 4.78 is 24.4. The Hall–Kier alpha value is -0.0500. The zero-order chi connectivity index (χ0) is 11.9. The van der Waals surface area contributed by atoms with E-state index < -0.39 is 9.84 Å². The molecule has 2 atom stereocenters. The maximum atomic E-state index is 12.2. The second-order valence-corrected chi connectivity index (χ2v) is 8.58. The molecule has 0 bridgehead atoms. The van der Waals surface area contributed by atoms with E-state index in [1.54, 1.807) is 0 Å². The van der Waals surface area contributed by atoms with E-state index in [2.05, 4.69) is 0 Å². The van der Waals surface area contributed by atoms with Gasteiger partial charge in [0.2, 0.25) is 0 Å². The Bertz CT molecular complexity index is 332. The number of hydrogen-bond acceptors (Lipinski definition) is 2. The van der Waals surface area contributed by atoms with Crippen LogP contribution in [0.4, 0.5) is 0 Å². The minimum absolute atomic E-state index is 0.0749. The van der Waals surface area contributed by atoms with Crippen LogP contribution in [0.5, 0.6) is 0 Å². The average Bonchev–Trinajstić information content (AvgIpc) is 2.94. The van der Waals surface area contributed by atoms with E-state index in [4.69, 9.17) is 0 Å². The van der Waals surface area contributed by atoms with Gasteiger partial charge in [-0.25, -0.2) is 8.42 Å². The predicted molar refractivity (Wildman–Crippen MR) is 69.6 cm³/mol. The molecule has 1 heterocycles. The zero-order valence-electron chi connectivity index (χ0n) is 10.6. The minimum Gasteiger partial charge on any atom is -0.228 e. The van der Waals surface area contributed by atoms with E-state index in [1.807, 2.05) is 0 Å². The lowest BCUT2D eigenvalue weighted by Crippen LogP contribution is -2.20. The van der Waals surface area contributed by atoms with Crippen LogP contribution in [0.1, 0.15) is 64.2 Å². The predicted octanol–water partition coefficient (Wildman–Crippen LogP) is 3.31. The molecule has 2 nitrogen and oxygen atoms in total. The minimum atomic E-state index is -2.70. The highest BCUT2D eigenvalue weighted by Crippen LogP contribution is 2.50. The van der Waals surface area contributed by atoms with E-state index in [0.29, 0.717) is 11.8 Å². The first-order valence-electron chi connectivity index (χ1n) is 7.44. The first-order chi connectivity index (χ1) is 8.21. The molecule has 0 radical (unpaired) electrons. The molecule has 1 aliphatic heterocycles. The fourth-order valence-electron chi connectivity index (χ4n) is 4.31. The van der Waals surface area contributed by atoms with Gasteiger partial charge in [-0.3, -0.25) is 0 Å². The molecule has 98 valence electrons. The summed E-state index contributed by atoms with van der Waals surface area (Å²) in [6.45, 7) is 0. The van der Waals surface area contributed by atoms with Gasteiger partial charge in [0.05, 0.1) is 10.5 Å². The summed E-state index contributed by atoms with van der Waals surface area (Å²) in [6.07, 6.45) is 12.4. The SMILES string of the molecule is O=S1(=O)[C@@H](C2CCCCC2)[C@@H]1C1CCCCC1. The van der Waals surface area contributed by atoms with Crippen molar-refractivity contribution in [3.05, 3.63) is 0 Å². The number of hydrogen-bond donors (Lipinski definition) is 0. The molecule has 0 amide bonds. The van der Waals surface area contributed by atoms with E-state index in [-0.39, 0.29) is 10.5 Å². The van der Waals surface area contributed by atoms with Crippen molar-refractivity contribution in [2.75, 3.05) is 0 Å². The fourth-order valence-corrected chi connectivity index (χ4v) is 7.26. The van der Waals surface area contributed by atoms with Crippen LogP contribution in [0.15, 0.2) is 0 Å². The van der Waals surface area contributed by atoms with Gasteiger partial charge in [0.1, 0.15) is 0 Å². The molecule has 0 aromatic heterocycles. The van der Waals surface area contributed by atoms with Gasteiger partial charge in [0.15, 0.2) is 9.84 Å². The van der Waals surface area contributed by atoms with Gasteiger partial charge in [0, 0.05) is 0 Å². The Kier molecular flexibility index (Phi) is 3.22. The lowest BCUT2D eigenvalue weighted by atomic mass is 9.80. The molecule has 0 unspecified atom stereocenters. The van der Waals surface area contributed by atoms with E-state index in [0.717, 1.165) is 0 Å². The molecule has 2 aliphatic carbocycles. The molecule has 17 heavy (non-hydrogen) atoms. The highest BCUT2D eigenvalue weighted by Gasteiger charge is 2.62. The van der Waals surface area contributed by atoms with Gasteiger partial charge in [0.25, 0.3) is 0 Å². The molecular weight excluding hydrogens is 232 g/mol. The number of rotatable bonds is 2. The first kappa shape index (κ1) is 12.0. The Morgan fingerprint density at radius 1 is 0.588 bits per heavy atom. The van der Waals surface area contributed by atoms with Gasteiger partial charge in [-0.2, -0.15) is 0 Å². The van der Waals surface area contributed by atoms with Crippen molar-refractivity contribution in [2.24, 2.45) is 11.8 Å². The molecule has 3 fully saturated rings. The summed E-state index contributed by atoms with van der Waals surface area (Å²) in [6, 6.07) is 0. The smallest absolute Gasteiger partial charge is 0.159 e. The third-order valence-corrected chi connectivity index (χ3v) is 7.79. The Morgan fingerprint density at radius 3 is 1.29 bits per heavy atom. The van der Waals surface area contributed by atoms with Crippen LogP contribution in [0.25, 0.3) is 0 Å². The van der Waals surface area contributed by atoms with E-state index in [9.17, 15) is 8.42 Å². The van der Waals surface area contributed by atoms with Crippen molar-refractivity contribution in [1.29, 1.82) is 0 Å². The van der Waals surface area contributed by atoms with Crippen LogP contribution in [0.3, 0.4) is 0 Å². The fraction of sp³-hybridized carbons (Fsp3) is 1.00. The second kappa shape index (κ2) is 4.56. The van der Waals surface area contributed by atoms with Gasteiger partial charge >= 0.3 is 0 Å². The van der Waals surface area contributed by atoms with Gasteiger partial charge in [-0.05, 0) is 37.5 Å². The summed E-state index contributed by atoms with van der Waals surface area (Å²) in [5, 5.41) is 0.150. The molecule has 0 aromatic carbocycles. The third-order valence-electron chi connectivity index (χ3n) is 5.23. The molecular formula is C14H24O2S. The molecule has 0 aromatic rings. The monoisotopic (exact) mass is 256 g/mol. The molecule has 0 spiro atoms. The summed E-state index contributed by atoms with van der Waals surface area (Å²) in [5.41, 5.74) is 0. The van der Waals surface area contributed by atoms with Crippen LogP contribution in [0.2, 0.25) is 0 Å². The topological polar surface area (TPSA) is 34.1 Å². The molecule has 3 heteroatoms. The first-order valence-corrected chi connectivity index (χ1v) is 9.05. The van der Waals surface area contributed by atoms with Gasteiger partial charge in [-0.15, -0.1) is 0 Å².